The van der Waals surface area contributed by atoms with E-state index in [9.17, 15) is 0 Å². The number of halogens is 4. The van der Waals surface area contributed by atoms with Gasteiger partial charge in [0.15, 0.2) is 11.7 Å². The molecule has 1 aromatic rings. The number of aliphatic imine (C=N–C) groups is 1. The molecule has 10 heteroatoms. The molecule has 2 N–H and O–H groups in total. The summed E-state index contributed by atoms with van der Waals surface area (Å²) in [5.41, 5.74) is 0. The van der Waals surface area contributed by atoms with E-state index in [4.69, 9.17) is 39.5 Å². The number of rotatable bonds is 6. The molecule has 0 bridgehead atoms. The van der Waals surface area contributed by atoms with Crippen molar-refractivity contribution in [2.75, 3.05) is 60.5 Å². The first kappa shape index (κ1) is 24.8. The number of benzene rings is 1. The fourth-order valence-electron chi connectivity index (χ4n) is 2.75. The Bertz CT molecular complexity index is 612. The van der Waals surface area contributed by atoms with E-state index in [0.29, 0.717) is 40.0 Å². The molecule has 0 amide bonds. The maximum absolute atomic E-state index is 6.11. The van der Waals surface area contributed by atoms with Gasteiger partial charge in [-0.25, -0.2) is 0 Å². The lowest BCUT2D eigenvalue weighted by molar-refractivity contribution is 0.116. The van der Waals surface area contributed by atoms with Gasteiger partial charge >= 0.3 is 0 Å². The molecule has 1 aliphatic rings. The molecule has 27 heavy (non-hydrogen) atoms. The second-order valence-corrected chi connectivity index (χ2v) is 7.57. The summed E-state index contributed by atoms with van der Waals surface area (Å²) in [5.74, 6) is 1.18. The minimum absolute atomic E-state index is 0. The summed E-state index contributed by atoms with van der Waals surface area (Å²) in [6.07, 6.45) is 0. The maximum atomic E-state index is 6.11. The summed E-state index contributed by atoms with van der Waals surface area (Å²) in [5, 5.41) is 7.86. The molecule has 1 heterocycles. The molecule has 0 saturated carbocycles. The summed E-state index contributed by atoms with van der Waals surface area (Å²) in [6.45, 7) is 5.01. The standard InChI is InChI=1S/C17H26Cl3N5O.HI/c1-21-17(23-10-13-11-24(2)5-6-25(13)3)22-4-7-26-16-14(19)8-12(18)9-15(16)20;/h8-9,13H,4-7,10-11H2,1-3H3,(H2,21,22,23);1H. The van der Waals surface area contributed by atoms with E-state index in [1.165, 1.54) is 0 Å². The highest BCUT2D eigenvalue weighted by molar-refractivity contribution is 14.0. The van der Waals surface area contributed by atoms with Crippen molar-refractivity contribution >= 4 is 64.7 Å². The Morgan fingerprint density at radius 2 is 1.85 bits per heavy atom. The summed E-state index contributed by atoms with van der Waals surface area (Å²) in [4.78, 5) is 8.96. The number of piperazine rings is 1. The van der Waals surface area contributed by atoms with E-state index in [2.05, 4.69) is 39.5 Å². The average Bonchev–Trinajstić information content (AvgIpc) is 2.58. The lowest BCUT2D eigenvalue weighted by atomic mass is 10.2. The highest BCUT2D eigenvalue weighted by atomic mass is 127. The lowest BCUT2D eigenvalue weighted by Crippen LogP contribution is -2.55. The molecule has 1 unspecified atom stereocenters. The first-order valence-electron chi connectivity index (χ1n) is 8.51. The summed E-state index contributed by atoms with van der Waals surface area (Å²) in [6, 6.07) is 3.67. The van der Waals surface area contributed by atoms with Gasteiger partial charge in [0.2, 0.25) is 0 Å². The van der Waals surface area contributed by atoms with E-state index in [0.717, 1.165) is 32.1 Å². The average molecular weight is 551 g/mol. The highest BCUT2D eigenvalue weighted by Crippen LogP contribution is 2.35. The number of guanidine groups is 1. The summed E-state index contributed by atoms with van der Waals surface area (Å²) < 4.78 is 5.66. The van der Waals surface area contributed by atoms with Gasteiger partial charge in [0.25, 0.3) is 0 Å². The third-order valence-electron chi connectivity index (χ3n) is 4.31. The Morgan fingerprint density at radius 1 is 1.19 bits per heavy atom. The van der Waals surface area contributed by atoms with E-state index in [1.807, 2.05) is 0 Å². The van der Waals surface area contributed by atoms with Gasteiger partial charge < -0.3 is 20.3 Å². The number of ether oxygens (including phenoxy) is 1. The zero-order valence-electron chi connectivity index (χ0n) is 15.8. The highest BCUT2D eigenvalue weighted by Gasteiger charge is 2.22. The number of nitrogens with one attached hydrogen (secondary N) is 2. The van der Waals surface area contributed by atoms with Gasteiger partial charge in [-0.05, 0) is 26.2 Å². The Kier molecular flexibility index (Phi) is 11.4. The molecule has 1 aromatic carbocycles. The van der Waals surface area contributed by atoms with Crippen LogP contribution in [0.15, 0.2) is 17.1 Å². The Balaban J connectivity index is 0.00000364. The molecular weight excluding hydrogens is 523 g/mol. The second kappa shape index (κ2) is 12.4. The van der Waals surface area contributed by atoms with Crippen molar-refractivity contribution in [1.29, 1.82) is 0 Å². The van der Waals surface area contributed by atoms with Crippen molar-refractivity contribution < 1.29 is 4.74 Å². The fourth-order valence-corrected chi connectivity index (χ4v) is 3.67. The van der Waals surface area contributed by atoms with Crippen molar-refractivity contribution in [3.05, 3.63) is 27.2 Å². The van der Waals surface area contributed by atoms with Crippen LogP contribution in [-0.4, -0.2) is 82.3 Å². The van der Waals surface area contributed by atoms with E-state index in [1.54, 1.807) is 19.2 Å². The van der Waals surface area contributed by atoms with Gasteiger partial charge in [-0.15, -0.1) is 24.0 Å². The van der Waals surface area contributed by atoms with Gasteiger partial charge in [0, 0.05) is 44.3 Å². The molecule has 0 radical (unpaired) electrons. The Labute approximate surface area is 193 Å². The molecule has 1 aliphatic heterocycles. The SMILES string of the molecule is CN=C(NCCOc1c(Cl)cc(Cl)cc1Cl)NCC1CN(C)CCN1C.I. The molecule has 6 nitrogen and oxygen atoms in total. The van der Waals surface area contributed by atoms with Crippen molar-refractivity contribution in [1.82, 2.24) is 20.4 Å². The summed E-state index contributed by atoms with van der Waals surface area (Å²) >= 11 is 18.1. The Morgan fingerprint density at radius 3 is 2.48 bits per heavy atom. The van der Waals surface area contributed by atoms with Crippen LogP contribution in [0.1, 0.15) is 0 Å². The third kappa shape index (κ3) is 7.98. The largest absolute Gasteiger partial charge is 0.489 e. The fraction of sp³-hybridized carbons (Fsp3) is 0.588. The van der Waals surface area contributed by atoms with Crippen LogP contribution in [0, 0.1) is 0 Å². The minimum atomic E-state index is 0. The van der Waals surface area contributed by atoms with Crippen molar-refractivity contribution in [3.63, 3.8) is 0 Å². The van der Waals surface area contributed by atoms with Crippen LogP contribution >= 0.6 is 58.8 Å². The molecule has 0 spiro atoms. The first-order chi connectivity index (χ1) is 12.4. The molecule has 1 fully saturated rings. The van der Waals surface area contributed by atoms with Crippen molar-refractivity contribution in [2.45, 2.75) is 6.04 Å². The maximum Gasteiger partial charge on any atom is 0.191 e. The number of hydrogen-bond donors (Lipinski definition) is 2. The molecule has 1 atom stereocenters. The predicted octanol–water partition coefficient (Wildman–Crippen LogP) is 3.05. The molecule has 0 aromatic heterocycles. The molecule has 154 valence electrons. The monoisotopic (exact) mass is 549 g/mol. The van der Waals surface area contributed by atoms with E-state index in [-0.39, 0.29) is 24.0 Å². The van der Waals surface area contributed by atoms with Crippen molar-refractivity contribution in [3.8, 4) is 5.75 Å². The van der Waals surface area contributed by atoms with E-state index < -0.39 is 0 Å². The van der Waals surface area contributed by atoms with Crippen molar-refractivity contribution in [2.24, 2.45) is 4.99 Å². The van der Waals surface area contributed by atoms with Crippen LogP contribution in [0.4, 0.5) is 0 Å². The van der Waals surface area contributed by atoms with Crippen LogP contribution in [0.2, 0.25) is 15.1 Å². The third-order valence-corrected chi connectivity index (χ3v) is 5.09. The van der Waals surface area contributed by atoms with Gasteiger partial charge in [-0.3, -0.25) is 9.89 Å². The molecule has 2 rings (SSSR count). The van der Waals surface area contributed by atoms with Gasteiger partial charge in [0.1, 0.15) is 6.61 Å². The minimum Gasteiger partial charge on any atom is -0.489 e. The Hall–Kier alpha value is -0.190. The van der Waals surface area contributed by atoms with Crippen LogP contribution in [0.25, 0.3) is 0 Å². The lowest BCUT2D eigenvalue weighted by Gasteiger charge is -2.37. The van der Waals surface area contributed by atoms with Crippen LogP contribution in [0.5, 0.6) is 5.75 Å². The van der Waals surface area contributed by atoms with Gasteiger partial charge in [-0.1, -0.05) is 34.8 Å². The smallest absolute Gasteiger partial charge is 0.191 e. The van der Waals surface area contributed by atoms with Gasteiger partial charge in [-0.2, -0.15) is 0 Å². The molecular formula is C17H27Cl3IN5O. The normalized spacial score (nSPS) is 18.7. The van der Waals surface area contributed by atoms with E-state index >= 15 is 0 Å². The topological polar surface area (TPSA) is 52.1 Å². The quantitative estimate of drug-likeness (QED) is 0.247. The number of hydrogen-bond acceptors (Lipinski definition) is 4. The zero-order chi connectivity index (χ0) is 19.1. The molecule has 0 aliphatic carbocycles. The van der Waals surface area contributed by atoms with Gasteiger partial charge in [0.05, 0.1) is 16.6 Å². The second-order valence-electron chi connectivity index (χ2n) is 6.32. The van der Waals surface area contributed by atoms with Crippen LogP contribution in [0.3, 0.4) is 0 Å². The van der Waals surface area contributed by atoms with Crippen LogP contribution < -0.4 is 15.4 Å². The number of likely N-dealkylation sites (N-methyl/N-ethyl adjacent to an activating group) is 2. The van der Waals surface area contributed by atoms with Crippen LogP contribution in [-0.2, 0) is 0 Å². The zero-order valence-corrected chi connectivity index (χ0v) is 20.4. The summed E-state index contributed by atoms with van der Waals surface area (Å²) in [7, 11) is 6.06. The predicted molar refractivity (Wildman–Crippen MR) is 126 cm³/mol. The first-order valence-corrected chi connectivity index (χ1v) is 9.64. The number of nitrogens with zero attached hydrogens (tertiary/aromatic N) is 3. The molecule has 1 saturated heterocycles.